The predicted octanol–water partition coefficient (Wildman–Crippen LogP) is 1.60. The molecule has 2 aromatic rings. The van der Waals surface area contributed by atoms with Crippen LogP contribution in [0.3, 0.4) is 0 Å². The van der Waals surface area contributed by atoms with Crippen molar-refractivity contribution in [2.75, 3.05) is 24.6 Å². The molecule has 0 bridgehead atoms. The molecule has 2 aliphatic rings. The number of amides is 2. The second-order valence-electron chi connectivity index (χ2n) is 8.09. The van der Waals surface area contributed by atoms with Crippen LogP contribution in [0, 0.1) is 17.2 Å². The summed E-state index contributed by atoms with van der Waals surface area (Å²) < 4.78 is 31.7. The van der Waals surface area contributed by atoms with E-state index in [0.717, 1.165) is 5.56 Å². The molecular weight excluding hydrogens is 499 g/mol. The number of alkyl halides is 3. The largest absolute Gasteiger partial charge is 0.490 e. The van der Waals surface area contributed by atoms with Crippen molar-refractivity contribution in [3.05, 3.63) is 47.5 Å². The van der Waals surface area contributed by atoms with E-state index in [1.807, 2.05) is 4.90 Å². The summed E-state index contributed by atoms with van der Waals surface area (Å²) in [7, 11) is 0. The van der Waals surface area contributed by atoms with Gasteiger partial charge < -0.3 is 15.7 Å². The van der Waals surface area contributed by atoms with Gasteiger partial charge in [-0.1, -0.05) is 0 Å². The Bertz CT molecular complexity index is 1200. The number of nitriles is 1. The molecule has 1 atom stereocenters. The Morgan fingerprint density at radius 2 is 1.86 bits per heavy atom. The molecule has 0 spiro atoms. The normalized spacial score (nSPS) is 17.9. The maximum Gasteiger partial charge on any atom is 0.490 e. The molecule has 2 fully saturated rings. The highest BCUT2D eigenvalue weighted by molar-refractivity contribution is 5.90. The Labute approximate surface area is 208 Å². The number of anilines is 1. The third kappa shape index (κ3) is 6.88. The number of carboxylic acid groups (broad SMARTS) is 1. The molecule has 0 saturated carbocycles. The number of rotatable bonds is 4. The third-order valence-electron chi connectivity index (χ3n) is 5.66. The van der Waals surface area contributed by atoms with Gasteiger partial charge in [0.25, 0.3) is 5.91 Å². The van der Waals surface area contributed by atoms with E-state index in [-0.39, 0.29) is 23.6 Å². The van der Waals surface area contributed by atoms with Crippen LogP contribution in [0.25, 0.3) is 0 Å². The van der Waals surface area contributed by atoms with Gasteiger partial charge >= 0.3 is 12.1 Å². The summed E-state index contributed by atoms with van der Waals surface area (Å²) in [6, 6.07) is 5.06. The highest BCUT2D eigenvalue weighted by Crippen LogP contribution is 2.33. The number of piperidine rings is 1. The van der Waals surface area contributed by atoms with Crippen LogP contribution in [0.1, 0.15) is 46.9 Å². The number of pyridine rings is 1. The number of carbonyl (C=O) groups is 3. The monoisotopic (exact) mass is 521 g/mol. The summed E-state index contributed by atoms with van der Waals surface area (Å²) in [5.41, 5.74) is 6.71. The van der Waals surface area contributed by atoms with Gasteiger partial charge in [0.15, 0.2) is 0 Å². The first-order valence-corrected chi connectivity index (χ1v) is 11.0. The van der Waals surface area contributed by atoms with Gasteiger partial charge in [0.2, 0.25) is 11.9 Å². The summed E-state index contributed by atoms with van der Waals surface area (Å²) >= 11 is 0. The van der Waals surface area contributed by atoms with E-state index >= 15 is 0 Å². The first kappa shape index (κ1) is 27.3. The second-order valence-corrected chi connectivity index (χ2v) is 8.09. The number of aliphatic carboxylic acids is 1. The number of carbonyl (C=O) groups excluding carboxylic acids is 2. The molecule has 12 nitrogen and oxygen atoms in total. The standard InChI is InChI=1S/C20H21N7O3.C2HF3O2/c21-10-13-9-15(12-23-11-13)17-4-8-30-27(17)19(29)14-2-6-26(7-3-14)20-24-5-1-16(25-20)18(22)28;3-2(4,5)1(6)7/h1,5,9,11-12,14,17H,2-4,6-8H2,(H2,22,28);(H,6,7)/t17-;/m1./s1. The molecule has 196 valence electrons. The summed E-state index contributed by atoms with van der Waals surface area (Å²) in [5.74, 6) is -3.17. The minimum atomic E-state index is -5.08. The molecule has 15 heteroatoms. The average Bonchev–Trinajstić information content (AvgIpc) is 3.38. The number of hydroxylamine groups is 2. The third-order valence-corrected chi connectivity index (χ3v) is 5.66. The number of halogens is 3. The predicted molar refractivity (Wildman–Crippen MR) is 118 cm³/mol. The first-order chi connectivity index (χ1) is 17.5. The Morgan fingerprint density at radius 1 is 1.19 bits per heavy atom. The molecule has 4 heterocycles. The van der Waals surface area contributed by atoms with Crippen molar-refractivity contribution in [2.24, 2.45) is 11.7 Å². The number of nitrogens with zero attached hydrogens (tertiary/aromatic N) is 6. The Balaban J connectivity index is 0.000000479. The van der Waals surface area contributed by atoms with E-state index in [4.69, 9.17) is 25.7 Å². The van der Waals surface area contributed by atoms with Gasteiger partial charge in [0, 0.05) is 44.0 Å². The zero-order chi connectivity index (χ0) is 27.2. The Kier molecular flexibility index (Phi) is 8.56. The zero-order valence-electron chi connectivity index (χ0n) is 19.3. The number of carboxylic acids is 1. The van der Waals surface area contributed by atoms with Gasteiger partial charge in [-0.15, -0.1) is 0 Å². The van der Waals surface area contributed by atoms with Crippen LogP contribution in [0.4, 0.5) is 19.1 Å². The molecule has 2 aliphatic heterocycles. The summed E-state index contributed by atoms with van der Waals surface area (Å²) in [6.07, 6.45) is 1.49. The molecule has 0 unspecified atom stereocenters. The van der Waals surface area contributed by atoms with Crippen LogP contribution in [0.5, 0.6) is 0 Å². The summed E-state index contributed by atoms with van der Waals surface area (Å²) in [4.78, 5) is 53.5. The lowest BCUT2D eigenvalue weighted by Gasteiger charge is -2.34. The lowest BCUT2D eigenvalue weighted by molar-refractivity contribution is -0.192. The smallest absolute Gasteiger partial charge is 0.475 e. The maximum absolute atomic E-state index is 13.1. The van der Waals surface area contributed by atoms with E-state index < -0.39 is 18.1 Å². The van der Waals surface area contributed by atoms with E-state index in [1.54, 1.807) is 12.3 Å². The fraction of sp³-hybridized carbons (Fsp3) is 0.409. The summed E-state index contributed by atoms with van der Waals surface area (Å²) in [6.45, 7) is 1.62. The minimum absolute atomic E-state index is 0.0636. The molecular formula is C22H22F3N7O5. The minimum Gasteiger partial charge on any atom is -0.475 e. The fourth-order valence-corrected chi connectivity index (χ4v) is 3.83. The SMILES string of the molecule is N#Cc1cncc([C@H]2CCON2C(=O)C2CCN(c3nccc(C(N)=O)n3)CC2)c1.O=C(O)C(F)(F)F. The average molecular weight is 521 g/mol. The number of aromatic nitrogens is 3. The van der Waals surface area contributed by atoms with Crippen LogP contribution in [-0.4, -0.2) is 68.8 Å². The maximum atomic E-state index is 13.1. The van der Waals surface area contributed by atoms with Crippen molar-refractivity contribution >= 4 is 23.7 Å². The number of hydrogen-bond acceptors (Lipinski definition) is 9. The molecule has 0 aromatic carbocycles. The highest BCUT2D eigenvalue weighted by Gasteiger charge is 2.38. The van der Waals surface area contributed by atoms with Crippen LogP contribution in [0.2, 0.25) is 0 Å². The van der Waals surface area contributed by atoms with Crippen molar-refractivity contribution in [1.82, 2.24) is 20.0 Å². The molecule has 2 aromatic heterocycles. The van der Waals surface area contributed by atoms with E-state index in [9.17, 15) is 22.8 Å². The number of primary amides is 1. The molecule has 0 radical (unpaired) electrons. The van der Waals surface area contributed by atoms with E-state index in [2.05, 4.69) is 21.0 Å². The molecule has 2 saturated heterocycles. The quantitative estimate of drug-likeness (QED) is 0.601. The molecule has 4 rings (SSSR count). The molecule has 37 heavy (non-hydrogen) atoms. The summed E-state index contributed by atoms with van der Waals surface area (Å²) in [5, 5.41) is 17.7. The van der Waals surface area contributed by atoms with Crippen molar-refractivity contribution in [3.63, 3.8) is 0 Å². The van der Waals surface area contributed by atoms with E-state index in [0.29, 0.717) is 50.5 Å². The number of hydrogen-bond donors (Lipinski definition) is 2. The van der Waals surface area contributed by atoms with Gasteiger partial charge in [0.05, 0.1) is 18.2 Å². The lowest BCUT2D eigenvalue weighted by Crippen LogP contribution is -2.42. The second kappa shape index (κ2) is 11.6. The van der Waals surface area contributed by atoms with Crippen molar-refractivity contribution in [2.45, 2.75) is 31.5 Å². The molecule has 3 N–H and O–H groups in total. The molecule has 2 amide bonds. The van der Waals surface area contributed by atoms with Crippen LogP contribution in [0.15, 0.2) is 30.7 Å². The molecule has 0 aliphatic carbocycles. The van der Waals surface area contributed by atoms with E-state index in [1.165, 1.54) is 23.5 Å². The topological polar surface area (TPSA) is 176 Å². The van der Waals surface area contributed by atoms with Crippen LogP contribution >= 0.6 is 0 Å². The first-order valence-electron chi connectivity index (χ1n) is 11.0. The number of nitrogens with two attached hydrogens (primary N) is 1. The van der Waals surface area contributed by atoms with Crippen LogP contribution in [-0.2, 0) is 14.4 Å². The Hall–Kier alpha value is -4.32. The van der Waals surface area contributed by atoms with Gasteiger partial charge in [-0.2, -0.15) is 18.4 Å². The van der Waals surface area contributed by atoms with Crippen LogP contribution < -0.4 is 10.6 Å². The van der Waals surface area contributed by atoms with Crippen molar-refractivity contribution in [1.29, 1.82) is 5.26 Å². The van der Waals surface area contributed by atoms with Gasteiger partial charge in [0.1, 0.15) is 11.8 Å². The van der Waals surface area contributed by atoms with Gasteiger partial charge in [-0.05, 0) is 30.5 Å². The highest BCUT2D eigenvalue weighted by atomic mass is 19.4. The Morgan fingerprint density at radius 3 is 2.46 bits per heavy atom. The van der Waals surface area contributed by atoms with Gasteiger partial charge in [-0.3, -0.25) is 19.4 Å². The van der Waals surface area contributed by atoms with Crippen molar-refractivity contribution in [3.8, 4) is 6.07 Å². The fourth-order valence-electron chi connectivity index (χ4n) is 3.83. The van der Waals surface area contributed by atoms with Crippen molar-refractivity contribution < 1.29 is 37.5 Å². The zero-order valence-corrected chi connectivity index (χ0v) is 19.3. The van der Waals surface area contributed by atoms with Gasteiger partial charge in [-0.25, -0.2) is 19.8 Å². The lowest BCUT2D eigenvalue weighted by atomic mass is 9.94.